The van der Waals surface area contributed by atoms with Crippen LogP contribution in [0.2, 0.25) is 0 Å². The van der Waals surface area contributed by atoms with Crippen LogP contribution >= 0.6 is 0 Å². The molecule has 0 saturated carbocycles. The summed E-state index contributed by atoms with van der Waals surface area (Å²) in [6, 6.07) is 25.3. The predicted molar refractivity (Wildman–Crippen MR) is 155 cm³/mol. The summed E-state index contributed by atoms with van der Waals surface area (Å²) in [6.45, 7) is 14.0. The lowest BCUT2D eigenvalue weighted by molar-refractivity contribution is -0.141. The highest BCUT2D eigenvalue weighted by molar-refractivity contribution is 6.06. The molecule has 4 heteroatoms. The maximum atomic E-state index is 13.7. The number of hydrogen-bond donors (Lipinski definition) is 0. The summed E-state index contributed by atoms with van der Waals surface area (Å²) in [6.07, 6.45) is 0. The van der Waals surface area contributed by atoms with Gasteiger partial charge in [0.25, 0.3) is 0 Å². The van der Waals surface area contributed by atoms with Crippen molar-refractivity contribution in [1.82, 2.24) is 9.80 Å². The highest BCUT2D eigenvalue weighted by Crippen LogP contribution is 2.36. The molecule has 4 aromatic carbocycles. The largest absolute Gasteiger partial charge is 0.334 e. The molecule has 4 heterocycles. The molecule has 38 heavy (non-hydrogen) atoms. The van der Waals surface area contributed by atoms with Crippen LogP contribution < -0.4 is 0 Å². The van der Waals surface area contributed by atoms with Crippen LogP contribution in [0.4, 0.5) is 0 Å². The Hall–Kier alpha value is -3.66. The second-order valence-corrected chi connectivity index (χ2v) is 12.7. The van der Waals surface area contributed by atoms with Crippen molar-refractivity contribution in [2.45, 2.75) is 67.7 Å². The normalized spacial score (nSPS) is 14.8. The van der Waals surface area contributed by atoms with E-state index < -0.39 is 10.8 Å². The molecule has 0 saturated heterocycles. The maximum Gasteiger partial charge on any atom is 0.228 e. The molecular formula is C34H38N2O2. The monoisotopic (exact) mass is 506 g/mol. The van der Waals surface area contributed by atoms with Crippen LogP contribution in [0.25, 0.3) is 21.5 Å². The average molecular weight is 507 g/mol. The molecule has 0 radical (unpaired) electrons. The van der Waals surface area contributed by atoms with Crippen LogP contribution in [-0.4, -0.2) is 21.6 Å². The Bertz CT molecular complexity index is 1350. The summed E-state index contributed by atoms with van der Waals surface area (Å²) in [5.41, 5.74) is 3.49. The van der Waals surface area contributed by atoms with Crippen molar-refractivity contribution in [2.24, 2.45) is 10.8 Å². The number of rotatable bonds is 0. The van der Waals surface area contributed by atoms with Gasteiger partial charge in [-0.05, 0) is 43.8 Å². The van der Waals surface area contributed by atoms with E-state index in [-0.39, 0.29) is 11.8 Å². The SMILES string of the molecule is CC(C)(C)C(=O)N1Cc2ccc(cc2)CN(C(=O)C(C)(C)C)Cc2c3ccccc3c(c3ccccc23)C1. The fourth-order valence-corrected chi connectivity index (χ4v) is 5.57. The third kappa shape index (κ3) is 4.92. The lowest BCUT2D eigenvalue weighted by Crippen LogP contribution is -2.39. The standard InChI is InChI=1S/C34H38N2O2/c1-33(2,3)31(37)35-19-23-15-17-24(18-16-23)20-36(32(38)34(4,5)6)22-30-27-13-9-7-11-25(27)29(21-35)26-12-8-10-14-28(26)30/h7-18H,19-22H2,1-6H3. The molecule has 4 aliphatic rings. The summed E-state index contributed by atoms with van der Waals surface area (Å²) in [5.74, 6) is 0.265. The van der Waals surface area contributed by atoms with E-state index in [1.165, 1.54) is 0 Å². The summed E-state index contributed by atoms with van der Waals surface area (Å²) < 4.78 is 0. The van der Waals surface area contributed by atoms with Crippen molar-refractivity contribution in [2.75, 3.05) is 0 Å². The minimum atomic E-state index is -0.495. The highest BCUT2D eigenvalue weighted by Gasteiger charge is 2.31. The smallest absolute Gasteiger partial charge is 0.228 e. The number of carbonyl (C=O) groups excluding carboxylic acids is 2. The third-order valence-corrected chi connectivity index (χ3v) is 7.48. The summed E-state index contributed by atoms with van der Waals surface area (Å²) in [5, 5.41) is 4.56. The van der Waals surface area contributed by atoms with Crippen LogP contribution in [0, 0.1) is 10.8 Å². The zero-order chi connectivity index (χ0) is 27.2. The fraction of sp³-hybridized carbons (Fsp3) is 0.353. The molecule has 196 valence electrons. The Labute approximate surface area is 226 Å². The maximum absolute atomic E-state index is 13.7. The molecule has 0 atom stereocenters. The molecule has 0 fully saturated rings. The number of carbonyl (C=O) groups is 2. The van der Waals surface area contributed by atoms with E-state index >= 15 is 0 Å². The number of hydrogen-bond acceptors (Lipinski definition) is 2. The van der Waals surface area contributed by atoms with Gasteiger partial charge in [-0.25, -0.2) is 0 Å². The number of nitrogens with zero attached hydrogens (tertiary/aromatic N) is 2. The second-order valence-electron chi connectivity index (χ2n) is 12.7. The molecule has 0 aliphatic carbocycles. The van der Waals surface area contributed by atoms with Crippen LogP contribution in [0.15, 0.2) is 72.8 Å². The average Bonchev–Trinajstić information content (AvgIpc) is 2.88. The number of amides is 2. The molecule has 4 aliphatic heterocycles. The van der Waals surface area contributed by atoms with Crippen molar-refractivity contribution in [3.05, 3.63) is 95.1 Å². The molecule has 4 nitrogen and oxygen atoms in total. The predicted octanol–water partition coefficient (Wildman–Crippen LogP) is 7.46. The van der Waals surface area contributed by atoms with Gasteiger partial charge >= 0.3 is 0 Å². The highest BCUT2D eigenvalue weighted by atomic mass is 16.2. The van der Waals surface area contributed by atoms with E-state index in [1.54, 1.807) is 0 Å². The topological polar surface area (TPSA) is 40.6 Å². The first-order valence-electron chi connectivity index (χ1n) is 13.5. The van der Waals surface area contributed by atoms with Crippen molar-refractivity contribution >= 4 is 33.4 Å². The van der Waals surface area contributed by atoms with Crippen molar-refractivity contribution in [3.63, 3.8) is 0 Å². The number of benzene rings is 4. The Morgan fingerprint density at radius 1 is 0.500 bits per heavy atom. The minimum Gasteiger partial charge on any atom is -0.334 e. The van der Waals surface area contributed by atoms with Gasteiger partial charge in [-0.1, -0.05) is 114 Å². The van der Waals surface area contributed by atoms with Crippen LogP contribution in [-0.2, 0) is 35.8 Å². The van der Waals surface area contributed by atoms with Crippen LogP contribution in [0.5, 0.6) is 0 Å². The van der Waals surface area contributed by atoms with Gasteiger partial charge in [0.05, 0.1) is 0 Å². The molecule has 2 amide bonds. The molecule has 0 spiro atoms. The first-order valence-corrected chi connectivity index (χ1v) is 13.5. The van der Waals surface area contributed by atoms with Crippen LogP contribution in [0.3, 0.4) is 0 Å². The minimum absolute atomic E-state index is 0.132. The molecule has 0 unspecified atom stereocenters. The van der Waals surface area contributed by atoms with E-state index in [0.717, 1.165) is 43.8 Å². The summed E-state index contributed by atoms with van der Waals surface area (Å²) in [7, 11) is 0. The fourth-order valence-electron chi connectivity index (χ4n) is 5.57. The molecule has 4 bridgehead atoms. The van der Waals surface area contributed by atoms with Gasteiger partial charge in [-0.15, -0.1) is 0 Å². The van der Waals surface area contributed by atoms with E-state index in [2.05, 4.69) is 72.8 Å². The van der Waals surface area contributed by atoms with E-state index in [9.17, 15) is 9.59 Å². The van der Waals surface area contributed by atoms with Crippen molar-refractivity contribution in [3.8, 4) is 0 Å². The molecule has 8 rings (SSSR count). The first-order chi connectivity index (χ1) is 17.9. The van der Waals surface area contributed by atoms with Gasteiger partial charge in [0.15, 0.2) is 0 Å². The summed E-state index contributed by atoms with van der Waals surface area (Å²) >= 11 is 0. The van der Waals surface area contributed by atoms with E-state index in [0.29, 0.717) is 26.2 Å². The van der Waals surface area contributed by atoms with Crippen LogP contribution in [0.1, 0.15) is 63.8 Å². The molecular weight excluding hydrogens is 468 g/mol. The van der Waals surface area contributed by atoms with E-state index in [4.69, 9.17) is 0 Å². The van der Waals surface area contributed by atoms with Gasteiger partial charge in [0.2, 0.25) is 11.8 Å². The lowest BCUT2D eigenvalue weighted by Gasteiger charge is -2.33. The van der Waals surface area contributed by atoms with Gasteiger partial charge in [0.1, 0.15) is 0 Å². The Morgan fingerprint density at radius 3 is 1.05 bits per heavy atom. The molecule has 0 aromatic heterocycles. The lowest BCUT2D eigenvalue weighted by atomic mass is 9.89. The van der Waals surface area contributed by atoms with Gasteiger partial charge in [0, 0.05) is 37.0 Å². The second kappa shape index (κ2) is 9.58. The Balaban J connectivity index is 1.80. The Kier molecular flexibility index (Phi) is 6.54. The van der Waals surface area contributed by atoms with Gasteiger partial charge < -0.3 is 9.80 Å². The zero-order valence-corrected chi connectivity index (χ0v) is 23.5. The third-order valence-electron chi connectivity index (χ3n) is 7.48. The van der Waals surface area contributed by atoms with E-state index in [1.807, 2.05) is 51.3 Å². The zero-order valence-electron chi connectivity index (χ0n) is 23.5. The van der Waals surface area contributed by atoms with Gasteiger partial charge in [-0.3, -0.25) is 9.59 Å². The Morgan fingerprint density at radius 2 is 0.789 bits per heavy atom. The first kappa shape index (κ1) is 26.0. The molecule has 4 aromatic rings. The van der Waals surface area contributed by atoms with Crippen molar-refractivity contribution < 1.29 is 9.59 Å². The van der Waals surface area contributed by atoms with Crippen molar-refractivity contribution in [1.29, 1.82) is 0 Å². The summed E-state index contributed by atoms with van der Waals surface area (Å²) in [4.78, 5) is 31.5. The van der Waals surface area contributed by atoms with Gasteiger partial charge in [-0.2, -0.15) is 0 Å². The quantitative estimate of drug-likeness (QED) is 0.232. The molecule has 0 N–H and O–H groups in total.